The highest BCUT2D eigenvalue weighted by Crippen LogP contribution is 2.47. The minimum Gasteiger partial charge on any atom is -0.293 e. The van der Waals surface area contributed by atoms with Gasteiger partial charge in [0, 0.05) is 16.2 Å². The van der Waals surface area contributed by atoms with Gasteiger partial charge >= 0.3 is 0 Å². The third kappa shape index (κ3) is 6.53. The summed E-state index contributed by atoms with van der Waals surface area (Å²) in [5, 5.41) is 0. The number of benzene rings is 3. The summed E-state index contributed by atoms with van der Waals surface area (Å²) in [4.78, 5) is 14.8. The number of thioether (sulfide) groups is 1. The Bertz CT molecular complexity index is 1680. The van der Waals surface area contributed by atoms with Gasteiger partial charge in [-0.1, -0.05) is 84.0 Å². The van der Waals surface area contributed by atoms with Crippen LogP contribution in [0.2, 0.25) is 0 Å². The summed E-state index contributed by atoms with van der Waals surface area (Å²) in [5.41, 5.74) is 1.60. The number of aryl methyl sites for hydroxylation is 1. The van der Waals surface area contributed by atoms with Crippen LogP contribution in [0.4, 0.5) is 0 Å². The largest absolute Gasteiger partial charge is 0.294 e. The molecular formula is C32H38O7S3. The van der Waals surface area contributed by atoms with Crippen LogP contribution in [0, 0.1) is 12.3 Å². The Hall–Kier alpha value is -2.50. The molecule has 42 heavy (non-hydrogen) atoms. The van der Waals surface area contributed by atoms with E-state index in [-0.39, 0.29) is 56.1 Å². The Labute approximate surface area is 253 Å². The van der Waals surface area contributed by atoms with Gasteiger partial charge in [0.05, 0.1) is 15.2 Å². The van der Waals surface area contributed by atoms with Crippen LogP contribution >= 0.6 is 11.8 Å². The maximum atomic E-state index is 14.5. The van der Waals surface area contributed by atoms with Crippen molar-refractivity contribution in [3.05, 3.63) is 88.0 Å². The van der Waals surface area contributed by atoms with E-state index in [4.69, 9.17) is 0 Å². The Morgan fingerprint density at radius 3 is 1.62 bits per heavy atom. The summed E-state index contributed by atoms with van der Waals surface area (Å²) in [6.45, 7) is 13.8. The zero-order valence-corrected chi connectivity index (χ0v) is 27.4. The highest BCUT2D eigenvalue weighted by molar-refractivity contribution is 7.99. The van der Waals surface area contributed by atoms with Crippen molar-refractivity contribution in [3.63, 3.8) is 0 Å². The molecule has 4 rings (SSSR count). The first-order valence-electron chi connectivity index (χ1n) is 13.6. The monoisotopic (exact) mass is 630 g/mol. The number of carbonyl (C=O) groups is 1. The highest BCUT2D eigenvalue weighted by Gasteiger charge is 2.45. The van der Waals surface area contributed by atoms with E-state index in [0.717, 1.165) is 21.6 Å². The molecule has 0 bridgehead atoms. The van der Waals surface area contributed by atoms with E-state index in [1.54, 1.807) is 36.4 Å². The molecule has 1 aliphatic rings. The topological polar surface area (TPSA) is 126 Å². The predicted molar refractivity (Wildman–Crippen MR) is 166 cm³/mol. The molecule has 0 aromatic heterocycles. The molecule has 10 heteroatoms. The quantitative estimate of drug-likeness (QED) is 0.284. The van der Waals surface area contributed by atoms with Gasteiger partial charge in [-0.2, -0.15) is 16.8 Å². The number of fused-ring (bicyclic) bond motifs is 1. The normalized spacial score (nSPS) is 15.9. The molecule has 0 fully saturated rings. The molecule has 7 nitrogen and oxygen atoms in total. The third-order valence-corrected chi connectivity index (χ3v) is 11.3. The van der Waals surface area contributed by atoms with Gasteiger partial charge < -0.3 is 0 Å². The molecule has 226 valence electrons. The first-order valence-corrected chi connectivity index (χ1v) is 17.5. The van der Waals surface area contributed by atoms with E-state index < -0.39 is 25.7 Å². The predicted octanol–water partition coefficient (Wildman–Crippen LogP) is 6.84. The van der Waals surface area contributed by atoms with Gasteiger partial charge in [0.25, 0.3) is 20.2 Å². The highest BCUT2D eigenvalue weighted by atomic mass is 32.2. The molecular weight excluding hydrogens is 593 g/mol. The summed E-state index contributed by atoms with van der Waals surface area (Å²) in [6.07, 6.45) is -0.147. The van der Waals surface area contributed by atoms with Crippen molar-refractivity contribution >= 4 is 37.8 Å². The van der Waals surface area contributed by atoms with Crippen LogP contribution in [-0.2, 0) is 43.9 Å². The van der Waals surface area contributed by atoms with E-state index in [9.17, 15) is 30.7 Å². The Morgan fingerprint density at radius 2 is 1.21 bits per heavy atom. The van der Waals surface area contributed by atoms with Gasteiger partial charge in [-0.15, -0.1) is 11.8 Å². The zero-order chi connectivity index (χ0) is 31.5. The van der Waals surface area contributed by atoms with Crippen molar-refractivity contribution in [1.29, 1.82) is 0 Å². The molecule has 0 aliphatic carbocycles. The van der Waals surface area contributed by atoms with Crippen LogP contribution in [0.15, 0.2) is 69.3 Å². The van der Waals surface area contributed by atoms with Gasteiger partial charge in [0.1, 0.15) is 0 Å². The second kappa shape index (κ2) is 10.9. The number of carbonyl (C=O) groups excluding carboxylic acids is 1. The van der Waals surface area contributed by atoms with Crippen LogP contribution in [0.3, 0.4) is 0 Å². The zero-order valence-electron chi connectivity index (χ0n) is 25.0. The molecule has 0 unspecified atom stereocenters. The lowest BCUT2D eigenvalue weighted by molar-refractivity contribution is 0.0810. The maximum Gasteiger partial charge on any atom is 0.294 e. The van der Waals surface area contributed by atoms with Crippen molar-refractivity contribution < 1.29 is 30.7 Å². The second-order valence-electron chi connectivity index (χ2n) is 13.3. The molecule has 0 spiro atoms. The minimum absolute atomic E-state index is 0.0735. The Morgan fingerprint density at radius 1 is 0.762 bits per heavy atom. The van der Waals surface area contributed by atoms with Crippen LogP contribution in [0.25, 0.3) is 0 Å². The molecule has 0 radical (unpaired) electrons. The lowest BCUT2D eigenvalue weighted by Gasteiger charge is -2.38. The fourth-order valence-electron chi connectivity index (χ4n) is 5.51. The molecule has 0 saturated heterocycles. The Kier molecular flexibility index (Phi) is 8.41. The van der Waals surface area contributed by atoms with E-state index in [1.165, 1.54) is 23.9 Å². The molecule has 0 saturated carbocycles. The summed E-state index contributed by atoms with van der Waals surface area (Å²) in [6, 6.07) is 14.9. The van der Waals surface area contributed by atoms with E-state index >= 15 is 0 Å². The van der Waals surface area contributed by atoms with Gasteiger partial charge in [-0.25, -0.2) is 0 Å². The lowest BCUT2D eigenvalue weighted by Crippen LogP contribution is -2.42. The van der Waals surface area contributed by atoms with Crippen molar-refractivity contribution in [2.75, 3.05) is 5.75 Å². The van der Waals surface area contributed by atoms with E-state index in [1.807, 2.05) is 54.5 Å². The standard InChI is InChI=1S/C32H38O7S3/c1-20-9-8-10-25-28(20)40-19-32(29(25)33,17-21-15-23(30(2,3)4)11-13-26(21)41(34,35)36)18-22-16-24(31(5,6)7)12-14-27(22)42(37,38)39/h8-16H,17-19H2,1-7H3,(H,34,35,36)(H,37,38,39). The SMILES string of the molecule is Cc1cccc2c1SCC(Cc1cc(C(C)(C)C)ccc1S(=O)(=O)O)(Cc1cc(C(C)(C)C)ccc1S(=O)(=O)O)C2=O. The molecule has 3 aromatic rings. The van der Waals surface area contributed by atoms with Crippen molar-refractivity contribution in [3.8, 4) is 0 Å². The summed E-state index contributed by atoms with van der Waals surface area (Å²) >= 11 is 1.47. The Balaban J connectivity index is 2.01. The lowest BCUT2D eigenvalue weighted by atomic mass is 9.71. The summed E-state index contributed by atoms with van der Waals surface area (Å²) < 4.78 is 70.5. The molecule has 0 amide bonds. The molecule has 0 atom stereocenters. The maximum absolute atomic E-state index is 14.5. The van der Waals surface area contributed by atoms with Gasteiger partial charge in [0.15, 0.2) is 5.78 Å². The average molecular weight is 631 g/mol. The molecule has 2 N–H and O–H groups in total. The summed E-state index contributed by atoms with van der Waals surface area (Å²) in [5.74, 6) is -0.0104. The van der Waals surface area contributed by atoms with Crippen LogP contribution in [0.5, 0.6) is 0 Å². The fourth-order valence-corrected chi connectivity index (χ4v) is 8.28. The van der Waals surface area contributed by atoms with Gasteiger partial charge in [0.2, 0.25) is 0 Å². The number of hydrogen-bond acceptors (Lipinski definition) is 6. The molecule has 3 aromatic carbocycles. The van der Waals surface area contributed by atoms with Crippen molar-refractivity contribution in [2.24, 2.45) is 5.41 Å². The fraction of sp³-hybridized carbons (Fsp3) is 0.406. The van der Waals surface area contributed by atoms with Crippen LogP contribution in [-0.4, -0.2) is 37.5 Å². The van der Waals surface area contributed by atoms with Gasteiger partial charge in [-0.3, -0.25) is 13.9 Å². The van der Waals surface area contributed by atoms with Crippen molar-refractivity contribution in [1.82, 2.24) is 0 Å². The first-order chi connectivity index (χ1) is 19.1. The number of hydrogen-bond donors (Lipinski definition) is 2. The number of Topliss-reactive ketones (excluding diaryl/α,β-unsaturated/α-hetero) is 1. The molecule has 1 heterocycles. The van der Waals surface area contributed by atoms with Crippen LogP contribution < -0.4 is 0 Å². The van der Waals surface area contributed by atoms with Crippen LogP contribution in [0.1, 0.15) is 79.7 Å². The number of ketones is 1. The van der Waals surface area contributed by atoms with Crippen molar-refractivity contribution in [2.45, 2.75) is 86.8 Å². The third-order valence-electron chi connectivity index (χ3n) is 7.90. The molecule has 1 aliphatic heterocycles. The number of rotatable bonds is 6. The minimum atomic E-state index is -4.64. The summed E-state index contributed by atoms with van der Waals surface area (Å²) in [7, 11) is -9.28. The first kappa shape index (κ1) is 32.4. The van der Waals surface area contributed by atoms with E-state index in [0.29, 0.717) is 5.56 Å². The smallest absolute Gasteiger partial charge is 0.293 e. The average Bonchev–Trinajstić information content (AvgIpc) is 2.84. The van der Waals surface area contributed by atoms with E-state index in [2.05, 4.69) is 0 Å². The second-order valence-corrected chi connectivity index (χ2v) is 17.1. The van der Waals surface area contributed by atoms with Gasteiger partial charge in [-0.05, 0) is 70.5 Å².